The number of furan rings is 1. The van der Waals surface area contributed by atoms with Gasteiger partial charge < -0.3 is 9.73 Å². The van der Waals surface area contributed by atoms with Gasteiger partial charge in [-0.25, -0.2) is 0 Å². The quantitative estimate of drug-likeness (QED) is 0.789. The van der Waals surface area contributed by atoms with Gasteiger partial charge in [0, 0.05) is 5.39 Å². The number of hydrogen-bond donors (Lipinski definition) is 1. The third-order valence-electron chi connectivity index (χ3n) is 4.55. The lowest BCUT2D eigenvalue weighted by Crippen LogP contribution is -2.27. The van der Waals surface area contributed by atoms with E-state index >= 15 is 0 Å². The molecule has 0 saturated heterocycles. The van der Waals surface area contributed by atoms with Crippen LogP contribution in [0.3, 0.4) is 0 Å². The number of rotatable bonds is 5. The predicted molar refractivity (Wildman–Crippen MR) is 90.6 cm³/mol. The van der Waals surface area contributed by atoms with Crippen LogP contribution in [0.25, 0.3) is 11.0 Å². The molecule has 0 aliphatic heterocycles. The lowest BCUT2D eigenvalue weighted by Gasteiger charge is -2.30. The summed E-state index contributed by atoms with van der Waals surface area (Å²) in [4.78, 5) is 0. The standard InChI is InChI=1S/C19H29NO/c1-7-20-16(11-14(3)19(4,5)6)18-12-15-10-13(2)8-9-17(15)21-18/h8-10,12,14,16,20H,7,11H2,1-6H3. The van der Waals surface area contributed by atoms with E-state index < -0.39 is 0 Å². The van der Waals surface area contributed by atoms with E-state index in [0.717, 1.165) is 24.3 Å². The van der Waals surface area contributed by atoms with Gasteiger partial charge in [-0.15, -0.1) is 0 Å². The molecule has 0 aliphatic carbocycles. The molecule has 21 heavy (non-hydrogen) atoms. The summed E-state index contributed by atoms with van der Waals surface area (Å²) in [6.07, 6.45) is 1.09. The Kier molecular flexibility index (Phi) is 4.77. The van der Waals surface area contributed by atoms with E-state index in [1.807, 2.05) is 0 Å². The summed E-state index contributed by atoms with van der Waals surface area (Å²) < 4.78 is 6.09. The van der Waals surface area contributed by atoms with Gasteiger partial charge >= 0.3 is 0 Å². The maximum absolute atomic E-state index is 6.09. The molecule has 1 aromatic heterocycles. The topological polar surface area (TPSA) is 25.2 Å². The second kappa shape index (κ2) is 6.23. The monoisotopic (exact) mass is 287 g/mol. The molecule has 0 aliphatic rings. The highest BCUT2D eigenvalue weighted by Gasteiger charge is 2.25. The highest BCUT2D eigenvalue weighted by Crippen LogP contribution is 2.35. The molecule has 2 heteroatoms. The van der Waals surface area contributed by atoms with E-state index in [1.165, 1.54) is 10.9 Å². The normalized spacial score (nSPS) is 15.3. The lowest BCUT2D eigenvalue weighted by molar-refractivity contribution is 0.216. The van der Waals surface area contributed by atoms with Crippen LogP contribution in [0.5, 0.6) is 0 Å². The van der Waals surface area contributed by atoms with Gasteiger partial charge in [-0.1, -0.05) is 46.2 Å². The lowest BCUT2D eigenvalue weighted by atomic mass is 9.78. The van der Waals surface area contributed by atoms with Crippen LogP contribution in [0.2, 0.25) is 0 Å². The minimum absolute atomic E-state index is 0.289. The fourth-order valence-electron chi connectivity index (χ4n) is 2.61. The van der Waals surface area contributed by atoms with Gasteiger partial charge in [0.2, 0.25) is 0 Å². The van der Waals surface area contributed by atoms with Crippen LogP contribution in [0.15, 0.2) is 28.7 Å². The summed E-state index contributed by atoms with van der Waals surface area (Å²) in [5.41, 5.74) is 2.58. The van der Waals surface area contributed by atoms with Crippen LogP contribution >= 0.6 is 0 Å². The number of benzene rings is 1. The molecule has 2 atom stereocenters. The Labute approximate surface area is 128 Å². The van der Waals surface area contributed by atoms with E-state index in [0.29, 0.717) is 11.3 Å². The SMILES string of the molecule is CCNC(CC(C)C(C)(C)C)c1cc2cc(C)ccc2o1. The highest BCUT2D eigenvalue weighted by molar-refractivity contribution is 5.78. The van der Waals surface area contributed by atoms with Gasteiger partial charge in [-0.05, 0) is 49.4 Å². The second-order valence-corrected chi connectivity index (χ2v) is 7.30. The molecule has 1 aromatic carbocycles. The summed E-state index contributed by atoms with van der Waals surface area (Å²) >= 11 is 0. The maximum atomic E-state index is 6.09. The smallest absolute Gasteiger partial charge is 0.134 e. The van der Waals surface area contributed by atoms with Crippen molar-refractivity contribution in [1.82, 2.24) is 5.32 Å². The fourth-order valence-corrected chi connectivity index (χ4v) is 2.61. The Morgan fingerprint density at radius 2 is 1.90 bits per heavy atom. The first kappa shape index (κ1) is 16.1. The average Bonchev–Trinajstić information content (AvgIpc) is 2.79. The zero-order valence-electron chi connectivity index (χ0n) is 14.3. The molecule has 0 fully saturated rings. The van der Waals surface area contributed by atoms with Crippen LogP contribution in [0.1, 0.15) is 58.4 Å². The van der Waals surface area contributed by atoms with E-state index in [2.05, 4.69) is 71.1 Å². The van der Waals surface area contributed by atoms with Gasteiger partial charge in [0.25, 0.3) is 0 Å². The molecule has 2 unspecified atom stereocenters. The first-order valence-corrected chi connectivity index (χ1v) is 8.04. The molecular formula is C19H29NO. The third kappa shape index (κ3) is 3.88. The molecular weight excluding hydrogens is 258 g/mol. The molecule has 1 heterocycles. The molecule has 2 aromatic rings. The van der Waals surface area contributed by atoms with Crippen molar-refractivity contribution < 1.29 is 4.42 Å². The van der Waals surface area contributed by atoms with E-state index in [1.54, 1.807) is 0 Å². The average molecular weight is 287 g/mol. The number of fused-ring (bicyclic) bond motifs is 1. The van der Waals surface area contributed by atoms with E-state index in [-0.39, 0.29) is 6.04 Å². The summed E-state index contributed by atoms with van der Waals surface area (Å²) in [6.45, 7) is 14.5. The van der Waals surface area contributed by atoms with E-state index in [9.17, 15) is 0 Å². The molecule has 2 rings (SSSR count). The summed E-state index contributed by atoms with van der Waals surface area (Å²) in [5, 5.41) is 4.79. The maximum Gasteiger partial charge on any atom is 0.134 e. The number of nitrogens with one attached hydrogen (secondary N) is 1. The van der Waals surface area contributed by atoms with Crippen LogP contribution in [-0.4, -0.2) is 6.54 Å². The molecule has 116 valence electrons. The first-order chi connectivity index (χ1) is 9.81. The number of aryl methyl sites for hydroxylation is 1. The van der Waals surface area contributed by atoms with Gasteiger partial charge in [0.15, 0.2) is 0 Å². The largest absolute Gasteiger partial charge is 0.459 e. The minimum atomic E-state index is 0.289. The van der Waals surface area contributed by atoms with Crippen molar-refractivity contribution in [3.8, 4) is 0 Å². The predicted octanol–water partition coefficient (Wildman–Crippen LogP) is 5.46. The molecule has 0 saturated carbocycles. The minimum Gasteiger partial charge on any atom is -0.459 e. The van der Waals surface area contributed by atoms with Gasteiger partial charge in [0.05, 0.1) is 6.04 Å². The van der Waals surface area contributed by atoms with Crippen molar-refractivity contribution in [2.45, 2.75) is 54.0 Å². The molecule has 0 bridgehead atoms. The Hall–Kier alpha value is -1.28. The molecule has 1 N–H and O–H groups in total. The zero-order valence-corrected chi connectivity index (χ0v) is 14.3. The van der Waals surface area contributed by atoms with Gasteiger partial charge in [0.1, 0.15) is 11.3 Å². The summed E-state index contributed by atoms with van der Waals surface area (Å²) in [6, 6.07) is 8.86. The van der Waals surface area contributed by atoms with Crippen LogP contribution in [0, 0.1) is 18.3 Å². The van der Waals surface area contributed by atoms with Crippen molar-refractivity contribution in [3.05, 3.63) is 35.6 Å². The fraction of sp³-hybridized carbons (Fsp3) is 0.579. The number of hydrogen-bond acceptors (Lipinski definition) is 2. The Morgan fingerprint density at radius 1 is 1.19 bits per heavy atom. The van der Waals surface area contributed by atoms with Crippen molar-refractivity contribution in [3.63, 3.8) is 0 Å². The third-order valence-corrected chi connectivity index (χ3v) is 4.55. The molecule has 2 nitrogen and oxygen atoms in total. The highest BCUT2D eigenvalue weighted by atomic mass is 16.3. The van der Waals surface area contributed by atoms with E-state index in [4.69, 9.17) is 4.42 Å². The Balaban J connectivity index is 2.27. The van der Waals surface area contributed by atoms with Crippen LogP contribution < -0.4 is 5.32 Å². The van der Waals surface area contributed by atoms with Gasteiger partial charge in [-0.3, -0.25) is 0 Å². The Morgan fingerprint density at radius 3 is 2.52 bits per heavy atom. The van der Waals surface area contributed by atoms with Crippen molar-refractivity contribution in [2.75, 3.05) is 6.54 Å². The van der Waals surface area contributed by atoms with Crippen LogP contribution in [-0.2, 0) is 0 Å². The van der Waals surface area contributed by atoms with Crippen LogP contribution in [0.4, 0.5) is 0 Å². The summed E-state index contributed by atoms with van der Waals surface area (Å²) in [7, 11) is 0. The van der Waals surface area contributed by atoms with Crippen molar-refractivity contribution in [1.29, 1.82) is 0 Å². The molecule has 0 radical (unpaired) electrons. The second-order valence-electron chi connectivity index (χ2n) is 7.30. The zero-order chi connectivity index (χ0) is 15.6. The van der Waals surface area contributed by atoms with Crippen molar-refractivity contribution in [2.24, 2.45) is 11.3 Å². The Bertz CT molecular complexity index is 591. The first-order valence-electron chi connectivity index (χ1n) is 8.04. The molecule has 0 spiro atoms. The molecule has 0 amide bonds. The summed E-state index contributed by atoms with van der Waals surface area (Å²) in [5.74, 6) is 1.69. The van der Waals surface area contributed by atoms with Crippen molar-refractivity contribution >= 4 is 11.0 Å². The van der Waals surface area contributed by atoms with Gasteiger partial charge in [-0.2, -0.15) is 0 Å².